The summed E-state index contributed by atoms with van der Waals surface area (Å²) in [6, 6.07) is 4.07. The maximum absolute atomic E-state index is 12.9. The highest BCUT2D eigenvalue weighted by molar-refractivity contribution is 7.17. The largest absolute Gasteiger partial charge is 0.416 e. The van der Waals surface area contributed by atoms with E-state index in [1.165, 1.54) is 29.9 Å². The van der Waals surface area contributed by atoms with Gasteiger partial charge in [0.2, 0.25) is 0 Å². The number of piperazine rings is 1. The quantitative estimate of drug-likeness (QED) is 0.893. The van der Waals surface area contributed by atoms with E-state index < -0.39 is 11.7 Å². The molecule has 1 aliphatic heterocycles. The Morgan fingerprint density at radius 1 is 1.12 bits per heavy atom. The van der Waals surface area contributed by atoms with Crippen LogP contribution in [0.3, 0.4) is 0 Å². The lowest BCUT2D eigenvalue weighted by Crippen LogP contribution is -2.47. The van der Waals surface area contributed by atoms with E-state index in [0.29, 0.717) is 10.6 Å². The molecule has 4 rings (SSSR count). The van der Waals surface area contributed by atoms with Crippen molar-refractivity contribution in [2.75, 3.05) is 44.2 Å². The van der Waals surface area contributed by atoms with Gasteiger partial charge in [-0.15, -0.1) is 11.3 Å². The number of benzene rings is 1. The van der Waals surface area contributed by atoms with Crippen LogP contribution in [-0.2, 0) is 6.18 Å². The summed E-state index contributed by atoms with van der Waals surface area (Å²) in [5.74, 6) is 1.47. The predicted octanol–water partition coefficient (Wildman–Crippen LogP) is 3.64. The summed E-state index contributed by atoms with van der Waals surface area (Å²) in [4.78, 5) is 4.79. The van der Waals surface area contributed by atoms with Crippen LogP contribution < -0.4 is 10.6 Å². The average Bonchev–Trinajstić information content (AvgIpc) is 3.20. The third-order valence-electron chi connectivity index (χ3n) is 5.46. The van der Waals surface area contributed by atoms with Gasteiger partial charge >= 0.3 is 6.18 Å². The van der Waals surface area contributed by atoms with E-state index in [0.717, 1.165) is 56.3 Å². The molecular formula is C18H22F3N3S. The zero-order valence-corrected chi connectivity index (χ0v) is 14.7. The lowest BCUT2D eigenvalue weighted by molar-refractivity contribution is -0.137. The Kier molecular flexibility index (Phi) is 4.42. The van der Waals surface area contributed by atoms with Crippen molar-refractivity contribution in [2.45, 2.75) is 12.6 Å². The van der Waals surface area contributed by atoms with Crippen LogP contribution in [0.2, 0.25) is 0 Å². The number of hydrogen-bond acceptors (Lipinski definition) is 4. The van der Waals surface area contributed by atoms with Gasteiger partial charge in [0.05, 0.1) is 11.3 Å². The fraction of sp³-hybridized carbons (Fsp3) is 0.556. The van der Waals surface area contributed by atoms with E-state index in [-0.39, 0.29) is 0 Å². The average molecular weight is 369 g/mol. The minimum atomic E-state index is -4.28. The van der Waals surface area contributed by atoms with Crippen molar-refractivity contribution < 1.29 is 13.2 Å². The maximum Gasteiger partial charge on any atom is 0.416 e. The normalized spacial score (nSPS) is 24.9. The first kappa shape index (κ1) is 17.1. The highest BCUT2D eigenvalue weighted by Gasteiger charge is 2.37. The summed E-state index contributed by atoms with van der Waals surface area (Å²) in [5.41, 5.74) is 6.21. The van der Waals surface area contributed by atoms with Crippen molar-refractivity contribution in [1.82, 2.24) is 4.90 Å². The molecule has 1 aliphatic carbocycles. The summed E-state index contributed by atoms with van der Waals surface area (Å²) in [7, 11) is 0. The van der Waals surface area contributed by atoms with Crippen molar-refractivity contribution in [2.24, 2.45) is 17.6 Å². The number of hydrogen-bond donors (Lipinski definition) is 1. The second-order valence-corrected chi connectivity index (χ2v) is 8.02. The molecule has 0 radical (unpaired) electrons. The van der Waals surface area contributed by atoms with Crippen molar-refractivity contribution in [3.05, 3.63) is 29.1 Å². The second kappa shape index (κ2) is 6.45. The molecule has 0 spiro atoms. The first-order chi connectivity index (χ1) is 12.0. The second-order valence-electron chi connectivity index (χ2n) is 7.11. The molecule has 2 atom stereocenters. The molecule has 0 bridgehead atoms. The Morgan fingerprint density at radius 2 is 1.88 bits per heavy atom. The van der Waals surface area contributed by atoms with Gasteiger partial charge in [0, 0.05) is 48.2 Å². The smallest absolute Gasteiger partial charge is 0.368 e. The highest BCUT2D eigenvalue weighted by Crippen LogP contribution is 2.39. The number of nitrogens with two attached hydrogens (primary N) is 1. The van der Waals surface area contributed by atoms with Gasteiger partial charge in [-0.25, -0.2) is 0 Å². The molecule has 2 heterocycles. The minimum Gasteiger partial charge on any atom is -0.368 e. The van der Waals surface area contributed by atoms with E-state index >= 15 is 0 Å². The third kappa shape index (κ3) is 3.50. The fourth-order valence-corrected chi connectivity index (χ4v) is 4.77. The molecule has 2 N–H and O–H groups in total. The molecule has 1 aromatic heterocycles. The van der Waals surface area contributed by atoms with Gasteiger partial charge in [-0.3, -0.25) is 4.90 Å². The Hall–Kier alpha value is -1.31. The van der Waals surface area contributed by atoms with Crippen LogP contribution in [0, 0.1) is 11.8 Å². The van der Waals surface area contributed by atoms with Gasteiger partial charge < -0.3 is 10.6 Å². The molecule has 3 nitrogen and oxygen atoms in total. The fourth-order valence-electron chi connectivity index (χ4n) is 3.76. The number of alkyl halides is 3. The highest BCUT2D eigenvalue weighted by atomic mass is 32.1. The first-order valence-electron chi connectivity index (χ1n) is 8.71. The number of halogens is 3. The first-order valence-corrected chi connectivity index (χ1v) is 9.59. The van der Waals surface area contributed by atoms with E-state index in [1.54, 1.807) is 6.07 Å². The van der Waals surface area contributed by atoms with Gasteiger partial charge in [0.1, 0.15) is 0 Å². The van der Waals surface area contributed by atoms with Crippen molar-refractivity contribution in [3.63, 3.8) is 0 Å². The third-order valence-corrected chi connectivity index (χ3v) is 6.39. The molecular weight excluding hydrogens is 347 g/mol. The summed E-state index contributed by atoms with van der Waals surface area (Å²) in [6.45, 7) is 5.79. The topological polar surface area (TPSA) is 32.5 Å². The van der Waals surface area contributed by atoms with Crippen molar-refractivity contribution >= 4 is 27.1 Å². The van der Waals surface area contributed by atoms with Crippen LogP contribution in [0.5, 0.6) is 0 Å². The van der Waals surface area contributed by atoms with Crippen LogP contribution in [0.4, 0.5) is 18.9 Å². The lowest BCUT2D eigenvalue weighted by Gasteiger charge is -2.36. The van der Waals surface area contributed by atoms with Crippen molar-refractivity contribution in [1.29, 1.82) is 0 Å². The number of rotatable bonds is 4. The van der Waals surface area contributed by atoms with E-state index in [9.17, 15) is 13.2 Å². The summed E-state index contributed by atoms with van der Waals surface area (Å²) >= 11 is 1.39. The summed E-state index contributed by atoms with van der Waals surface area (Å²) < 4.78 is 39.3. The van der Waals surface area contributed by atoms with Gasteiger partial charge in [-0.1, -0.05) is 6.07 Å². The molecule has 2 aliphatic rings. The van der Waals surface area contributed by atoms with Gasteiger partial charge in [0.25, 0.3) is 0 Å². The number of thiophene rings is 1. The molecule has 2 fully saturated rings. The molecule has 136 valence electrons. The number of anilines is 1. The van der Waals surface area contributed by atoms with Gasteiger partial charge in [0.15, 0.2) is 0 Å². The van der Waals surface area contributed by atoms with Crippen LogP contribution in [0.1, 0.15) is 12.0 Å². The predicted molar refractivity (Wildman–Crippen MR) is 96.1 cm³/mol. The molecule has 2 aromatic rings. The number of fused-ring (bicyclic) bond motifs is 1. The number of nitrogens with zero attached hydrogens (tertiary/aromatic N) is 2. The Labute approximate surface area is 149 Å². The minimum absolute atomic E-state index is 0.572. The van der Waals surface area contributed by atoms with E-state index in [4.69, 9.17) is 5.73 Å². The lowest BCUT2D eigenvalue weighted by atomic mass is 10.1. The maximum atomic E-state index is 12.9. The summed E-state index contributed by atoms with van der Waals surface area (Å²) in [6.07, 6.45) is -3.03. The molecule has 0 amide bonds. The van der Waals surface area contributed by atoms with Crippen LogP contribution in [-0.4, -0.2) is 44.2 Å². The zero-order valence-electron chi connectivity index (χ0n) is 13.9. The SMILES string of the molecule is NC[C@@H]1CC1CN1CCN(c2csc3cc(C(F)(F)F)ccc23)CC1. The molecule has 1 saturated heterocycles. The Balaban J connectivity index is 1.43. The monoisotopic (exact) mass is 369 g/mol. The molecule has 25 heavy (non-hydrogen) atoms. The van der Waals surface area contributed by atoms with E-state index in [1.807, 2.05) is 5.38 Å². The van der Waals surface area contributed by atoms with Crippen LogP contribution in [0.15, 0.2) is 23.6 Å². The standard InChI is InChI=1S/C18H22F3N3S/c19-18(20,21)14-1-2-15-16(11-25-17(15)8-14)24-5-3-23(4-6-24)10-13-7-12(13)9-22/h1-2,8,11-13H,3-7,9-10,22H2/t12-,13?/m0/s1. The van der Waals surface area contributed by atoms with Crippen LogP contribution in [0.25, 0.3) is 10.1 Å². The summed E-state index contributed by atoms with van der Waals surface area (Å²) in [5, 5.41) is 2.92. The molecule has 7 heteroatoms. The Morgan fingerprint density at radius 3 is 2.52 bits per heavy atom. The van der Waals surface area contributed by atoms with Gasteiger partial charge in [-0.2, -0.15) is 13.2 Å². The zero-order chi connectivity index (χ0) is 17.6. The molecule has 1 unspecified atom stereocenters. The molecule has 1 aromatic carbocycles. The van der Waals surface area contributed by atoms with E-state index in [2.05, 4.69) is 9.80 Å². The van der Waals surface area contributed by atoms with Crippen LogP contribution >= 0.6 is 11.3 Å². The van der Waals surface area contributed by atoms with Crippen molar-refractivity contribution in [3.8, 4) is 0 Å². The van der Waals surface area contributed by atoms with Gasteiger partial charge in [-0.05, 0) is 36.9 Å². The molecule has 1 saturated carbocycles. The Bertz CT molecular complexity index is 750.